The molecule has 1 aromatic heterocycles. The molecular formula is C17H13ClN2O3S. The second kappa shape index (κ2) is 6.98. The molecule has 0 radical (unpaired) electrons. The van der Waals surface area contributed by atoms with Crippen molar-refractivity contribution in [1.82, 2.24) is 10.3 Å². The molecule has 0 aliphatic carbocycles. The first kappa shape index (κ1) is 16.4. The summed E-state index contributed by atoms with van der Waals surface area (Å²) in [6.07, 6.45) is 0.0314. The number of thiazole rings is 1. The molecule has 3 rings (SSSR count). The number of hydrogen-bond acceptors (Lipinski definition) is 4. The first-order chi connectivity index (χ1) is 11.5. The molecule has 2 aromatic carbocycles. The summed E-state index contributed by atoms with van der Waals surface area (Å²) in [5.41, 5.74) is 2.69. The van der Waals surface area contributed by atoms with Gasteiger partial charge in [0, 0.05) is 0 Å². The van der Waals surface area contributed by atoms with E-state index < -0.39 is 12.5 Å². The highest BCUT2D eigenvalue weighted by molar-refractivity contribution is 7.18. The Labute approximate surface area is 146 Å². The van der Waals surface area contributed by atoms with E-state index in [-0.39, 0.29) is 12.3 Å². The van der Waals surface area contributed by atoms with Crippen molar-refractivity contribution in [3.8, 4) is 11.1 Å². The van der Waals surface area contributed by atoms with Gasteiger partial charge in [0.1, 0.15) is 17.1 Å². The van der Waals surface area contributed by atoms with E-state index in [4.69, 9.17) is 16.7 Å². The van der Waals surface area contributed by atoms with Crippen LogP contribution in [0.3, 0.4) is 0 Å². The first-order valence-electron chi connectivity index (χ1n) is 7.16. The van der Waals surface area contributed by atoms with E-state index in [1.54, 1.807) is 0 Å². The molecule has 2 N–H and O–H groups in total. The normalized spacial score (nSPS) is 10.7. The smallest absolute Gasteiger partial charge is 0.322 e. The van der Waals surface area contributed by atoms with E-state index in [0.29, 0.717) is 15.5 Å². The number of aliphatic carboxylic acids is 1. The second-order valence-corrected chi connectivity index (χ2v) is 6.65. The van der Waals surface area contributed by atoms with Gasteiger partial charge in [-0.25, -0.2) is 4.98 Å². The molecule has 0 saturated carbocycles. The molecule has 5 nitrogen and oxygen atoms in total. The van der Waals surface area contributed by atoms with Gasteiger partial charge in [-0.05, 0) is 23.3 Å². The second-order valence-electron chi connectivity index (χ2n) is 5.13. The minimum absolute atomic E-state index is 0.0314. The lowest BCUT2D eigenvalue weighted by molar-refractivity contribution is -0.137. The Bertz CT molecular complexity index is 909. The molecule has 0 spiro atoms. The molecule has 0 aliphatic heterocycles. The summed E-state index contributed by atoms with van der Waals surface area (Å²) in [6, 6.07) is 13.7. The molecule has 0 fully saturated rings. The lowest BCUT2D eigenvalue weighted by atomic mass is 10.1. The number of rotatable bonds is 5. The number of carbonyl (C=O) groups excluding carboxylic acids is 1. The third-order valence-electron chi connectivity index (χ3n) is 3.35. The molecule has 0 atom stereocenters. The van der Waals surface area contributed by atoms with Crippen LogP contribution in [0.5, 0.6) is 0 Å². The number of carboxylic acid groups (broad SMARTS) is 1. The standard InChI is InChI=1S/C17H13ClN2O3S/c18-12-6-11(10-4-2-1-3-5-10)7-13-17(12)20-15(24-13)8-14(21)19-9-16(22)23/h1-7H,8-9H2,(H,19,21)(H,22,23). The number of benzene rings is 2. The highest BCUT2D eigenvalue weighted by Gasteiger charge is 2.13. The Morgan fingerprint density at radius 1 is 1.17 bits per heavy atom. The van der Waals surface area contributed by atoms with Gasteiger partial charge in [0.25, 0.3) is 0 Å². The molecule has 24 heavy (non-hydrogen) atoms. The fourth-order valence-electron chi connectivity index (χ4n) is 2.28. The number of carbonyl (C=O) groups is 2. The predicted octanol–water partition coefficient (Wildman–Crippen LogP) is 3.36. The van der Waals surface area contributed by atoms with Gasteiger partial charge in [-0.15, -0.1) is 11.3 Å². The van der Waals surface area contributed by atoms with Gasteiger partial charge in [0.2, 0.25) is 5.91 Å². The Kier molecular flexibility index (Phi) is 4.78. The zero-order chi connectivity index (χ0) is 17.1. The summed E-state index contributed by atoms with van der Waals surface area (Å²) in [5, 5.41) is 12.0. The molecule has 3 aromatic rings. The average Bonchev–Trinajstić information content (AvgIpc) is 2.97. The fraction of sp³-hybridized carbons (Fsp3) is 0.118. The third kappa shape index (κ3) is 3.72. The summed E-state index contributed by atoms with van der Waals surface area (Å²) in [6.45, 7) is -0.400. The van der Waals surface area contributed by atoms with Crippen LogP contribution in [0, 0.1) is 0 Å². The van der Waals surface area contributed by atoms with Crippen molar-refractivity contribution in [1.29, 1.82) is 0 Å². The fourth-order valence-corrected chi connectivity index (χ4v) is 3.63. The third-order valence-corrected chi connectivity index (χ3v) is 4.64. The van der Waals surface area contributed by atoms with Gasteiger partial charge in [-0.1, -0.05) is 41.9 Å². The first-order valence-corrected chi connectivity index (χ1v) is 8.35. The summed E-state index contributed by atoms with van der Waals surface area (Å²) >= 11 is 7.71. The van der Waals surface area contributed by atoms with Crippen LogP contribution in [0.1, 0.15) is 5.01 Å². The SMILES string of the molecule is O=C(O)CNC(=O)Cc1nc2c(Cl)cc(-c3ccccc3)cc2s1. The summed E-state index contributed by atoms with van der Waals surface area (Å²) in [4.78, 5) is 26.6. The summed E-state index contributed by atoms with van der Waals surface area (Å²) < 4.78 is 0.891. The molecule has 0 unspecified atom stereocenters. The topological polar surface area (TPSA) is 79.3 Å². The van der Waals surface area contributed by atoms with Crippen LogP contribution in [-0.2, 0) is 16.0 Å². The Hall–Kier alpha value is -2.44. The van der Waals surface area contributed by atoms with Crippen molar-refractivity contribution in [2.45, 2.75) is 6.42 Å². The van der Waals surface area contributed by atoms with Gasteiger partial charge in [-0.3, -0.25) is 9.59 Å². The lowest BCUT2D eigenvalue weighted by Gasteiger charge is -2.02. The van der Waals surface area contributed by atoms with Crippen molar-refractivity contribution in [2.24, 2.45) is 0 Å². The summed E-state index contributed by atoms with van der Waals surface area (Å²) in [5.74, 6) is -1.46. The van der Waals surface area contributed by atoms with Gasteiger partial charge in [0.15, 0.2) is 0 Å². The number of fused-ring (bicyclic) bond motifs is 1. The van der Waals surface area contributed by atoms with E-state index >= 15 is 0 Å². The van der Waals surface area contributed by atoms with E-state index in [1.165, 1.54) is 11.3 Å². The maximum absolute atomic E-state index is 11.7. The highest BCUT2D eigenvalue weighted by atomic mass is 35.5. The molecular weight excluding hydrogens is 348 g/mol. The summed E-state index contributed by atoms with van der Waals surface area (Å²) in [7, 11) is 0. The van der Waals surface area contributed by atoms with E-state index in [0.717, 1.165) is 15.8 Å². The maximum Gasteiger partial charge on any atom is 0.322 e. The van der Waals surface area contributed by atoms with Crippen LogP contribution in [0.4, 0.5) is 0 Å². The molecule has 0 saturated heterocycles. The highest BCUT2D eigenvalue weighted by Crippen LogP contribution is 2.33. The van der Waals surface area contributed by atoms with Gasteiger partial charge < -0.3 is 10.4 Å². The van der Waals surface area contributed by atoms with Crippen LogP contribution in [0.25, 0.3) is 21.3 Å². The van der Waals surface area contributed by atoms with E-state index in [9.17, 15) is 9.59 Å². The maximum atomic E-state index is 11.7. The van der Waals surface area contributed by atoms with Gasteiger partial charge >= 0.3 is 5.97 Å². The minimum atomic E-state index is -1.08. The minimum Gasteiger partial charge on any atom is -0.480 e. The van der Waals surface area contributed by atoms with Crippen molar-refractivity contribution in [2.75, 3.05) is 6.54 Å². The number of nitrogens with zero attached hydrogens (tertiary/aromatic N) is 1. The molecule has 1 heterocycles. The van der Waals surface area contributed by atoms with Crippen LogP contribution >= 0.6 is 22.9 Å². The van der Waals surface area contributed by atoms with Crippen molar-refractivity contribution < 1.29 is 14.7 Å². The number of nitrogens with one attached hydrogen (secondary N) is 1. The zero-order valence-electron chi connectivity index (χ0n) is 12.5. The largest absolute Gasteiger partial charge is 0.480 e. The number of hydrogen-bond donors (Lipinski definition) is 2. The number of halogens is 1. The van der Waals surface area contributed by atoms with Crippen LogP contribution in [0.2, 0.25) is 5.02 Å². The average molecular weight is 361 g/mol. The van der Waals surface area contributed by atoms with Crippen LogP contribution in [-0.4, -0.2) is 28.5 Å². The molecule has 122 valence electrons. The lowest BCUT2D eigenvalue weighted by Crippen LogP contribution is -2.30. The molecule has 0 bridgehead atoms. The van der Waals surface area contributed by atoms with Crippen molar-refractivity contribution >= 4 is 45.0 Å². The monoisotopic (exact) mass is 360 g/mol. The predicted molar refractivity (Wildman–Crippen MR) is 94.4 cm³/mol. The number of carboxylic acids is 1. The van der Waals surface area contributed by atoms with Crippen LogP contribution in [0.15, 0.2) is 42.5 Å². The quantitative estimate of drug-likeness (QED) is 0.731. The van der Waals surface area contributed by atoms with Crippen molar-refractivity contribution in [3.63, 3.8) is 0 Å². The molecule has 1 amide bonds. The molecule has 7 heteroatoms. The van der Waals surface area contributed by atoms with Crippen LogP contribution < -0.4 is 5.32 Å². The number of amides is 1. The van der Waals surface area contributed by atoms with Gasteiger partial charge in [-0.2, -0.15) is 0 Å². The Morgan fingerprint density at radius 2 is 1.92 bits per heavy atom. The van der Waals surface area contributed by atoms with Crippen molar-refractivity contribution in [3.05, 3.63) is 52.5 Å². The Balaban J connectivity index is 1.87. The van der Waals surface area contributed by atoms with Gasteiger partial charge in [0.05, 0.1) is 16.1 Å². The zero-order valence-corrected chi connectivity index (χ0v) is 14.0. The molecule has 0 aliphatic rings. The van der Waals surface area contributed by atoms with E-state index in [2.05, 4.69) is 10.3 Å². The van der Waals surface area contributed by atoms with E-state index in [1.807, 2.05) is 42.5 Å². The Morgan fingerprint density at radius 3 is 2.62 bits per heavy atom. The number of aromatic nitrogens is 1.